The summed E-state index contributed by atoms with van der Waals surface area (Å²) in [5.74, 6) is 7.28. The summed E-state index contributed by atoms with van der Waals surface area (Å²) in [6.07, 6.45) is 0. The highest BCUT2D eigenvalue weighted by molar-refractivity contribution is 7.99. The number of ether oxygens (including phenoxy) is 1. The Morgan fingerprint density at radius 2 is 1.95 bits per heavy atom. The normalized spacial score (nSPS) is 12.2. The number of benzene rings is 2. The molecule has 0 bridgehead atoms. The molecule has 1 atom stereocenters. The number of methoxy groups -OCH3 is 1. The van der Waals surface area contributed by atoms with Gasteiger partial charge in [0.2, 0.25) is 0 Å². The molecule has 5 heteroatoms. The van der Waals surface area contributed by atoms with Crippen molar-refractivity contribution in [2.45, 2.75) is 17.9 Å². The molecule has 2 rings (SSSR count). The molecule has 0 amide bonds. The van der Waals surface area contributed by atoms with Crippen molar-refractivity contribution < 1.29 is 4.74 Å². The van der Waals surface area contributed by atoms with Crippen LogP contribution in [0.5, 0.6) is 5.75 Å². The average molecular weight is 323 g/mol. The lowest BCUT2D eigenvalue weighted by Gasteiger charge is -2.19. The molecule has 112 valence electrons. The van der Waals surface area contributed by atoms with E-state index in [1.807, 2.05) is 18.2 Å². The molecule has 0 saturated heterocycles. The molecule has 0 spiro atoms. The van der Waals surface area contributed by atoms with E-state index in [9.17, 15) is 0 Å². The fourth-order valence-electron chi connectivity index (χ4n) is 2.02. The van der Waals surface area contributed by atoms with Gasteiger partial charge in [0.05, 0.1) is 13.2 Å². The lowest BCUT2D eigenvalue weighted by atomic mass is 10.1. The van der Waals surface area contributed by atoms with Crippen LogP contribution in [0.3, 0.4) is 0 Å². The number of halogens is 1. The molecule has 2 aromatic carbocycles. The van der Waals surface area contributed by atoms with Crippen LogP contribution >= 0.6 is 23.4 Å². The van der Waals surface area contributed by atoms with Gasteiger partial charge in [-0.1, -0.05) is 29.3 Å². The highest BCUT2D eigenvalue weighted by Crippen LogP contribution is 2.31. The number of nitrogens with one attached hydrogen (secondary N) is 1. The Labute approximate surface area is 134 Å². The molecule has 0 aromatic heterocycles. The molecule has 2 aromatic rings. The average Bonchev–Trinajstić information content (AvgIpc) is 2.50. The first-order valence-corrected chi connectivity index (χ1v) is 7.99. The summed E-state index contributed by atoms with van der Waals surface area (Å²) >= 11 is 7.82. The lowest BCUT2D eigenvalue weighted by Crippen LogP contribution is -2.30. The van der Waals surface area contributed by atoms with Gasteiger partial charge in [-0.15, -0.1) is 11.8 Å². The second kappa shape index (κ2) is 7.71. The molecule has 0 radical (unpaired) electrons. The number of aryl methyl sites for hydroxylation is 1. The third kappa shape index (κ3) is 4.38. The van der Waals surface area contributed by atoms with Gasteiger partial charge in [0.1, 0.15) is 5.75 Å². The van der Waals surface area contributed by atoms with Crippen molar-refractivity contribution in [3.05, 3.63) is 58.6 Å². The third-order valence-corrected chi connectivity index (χ3v) is 4.55. The number of hydrogen-bond acceptors (Lipinski definition) is 4. The minimum atomic E-state index is -0.0371. The van der Waals surface area contributed by atoms with E-state index in [2.05, 4.69) is 36.6 Å². The summed E-state index contributed by atoms with van der Waals surface area (Å²) in [6, 6.07) is 14.0. The van der Waals surface area contributed by atoms with Crippen molar-refractivity contribution in [2.24, 2.45) is 5.84 Å². The minimum Gasteiger partial charge on any atom is -0.496 e. The van der Waals surface area contributed by atoms with Crippen LogP contribution in [-0.2, 0) is 0 Å². The first-order chi connectivity index (χ1) is 10.1. The topological polar surface area (TPSA) is 47.3 Å². The molecule has 0 saturated carbocycles. The highest BCUT2D eigenvalue weighted by Gasteiger charge is 2.16. The lowest BCUT2D eigenvalue weighted by molar-refractivity contribution is 0.403. The summed E-state index contributed by atoms with van der Waals surface area (Å²) < 4.78 is 5.39. The summed E-state index contributed by atoms with van der Waals surface area (Å²) in [4.78, 5) is 1.21. The van der Waals surface area contributed by atoms with Gasteiger partial charge in [-0.3, -0.25) is 11.3 Å². The van der Waals surface area contributed by atoms with Crippen LogP contribution in [0.4, 0.5) is 0 Å². The van der Waals surface area contributed by atoms with Crippen LogP contribution in [0.25, 0.3) is 0 Å². The van der Waals surface area contributed by atoms with Gasteiger partial charge in [0.25, 0.3) is 0 Å². The maximum absolute atomic E-state index is 6.08. The Hall–Kier alpha value is -1.20. The van der Waals surface area contributed by atoms with Crippen molar-refractivity contribution in [2.75, 3.05) is 12.9 Å². The van der Waals surface area contributed by atoms with Gasteiger partial charge in [-0.05, 0) is 37.3 Å². The van der Waals surface area contributed by atoms with Crippen LogP contribution in [-0.4, -0.2) is 12.9 Å². The Morgan fingerprint density at radius 1 is 1.24 bits per heavy atom. The molecule has 3 N–H and O–H groups in total. The molecule has 0 fully saturated rings. The second-order valence-corrected chi connectivity index (χ2v) is 6.26. The van der Waals surface area contributed by atoms with Crippen LogP contribution in [0.1, 0.15) is 17.2 Å². The fourth-order valence-corrected chi connectivity index (χ4v) is 3.16. The molecular weight excluding hydrogens is 304 g/mol. The van der Waals surface area contributed by atoms with E-state index in [0.29, 0.717) is 5.02 Å². The summed E-state index contributed by atoms with van der Waals surface area (Å²) in [7, 11) is 1.65. The maximum Gasteiger partial charge on any atom is 0.123 e. The van der Waals surface area contributed by atoms with Gasteiger partial charge >= 0.3 is 0 Å². The SMILES string of the molecule is COc1ccc(Cl)cc1C(CSc1ccc(C)cc1)NN. The van der Waals surface area contributed by atoms with Crippen LogP contribution in [0, 0.1) is 6.92 Å². The maximum atomic E-state index is 6.08. The van der Waals surface area contributed by atoms with Crippen LogP contribution < -0.4 is 16.0 Å². The first-order valence-electron chi connectivity index (χ1n) is 6.63. The summed E-state index contributed by atoms with van der Waals surface area (Å²) in [5.41, 5.74) is 5.06. The minimum absolute atomic E-state index is 0.0371. The molecule has 0 aliphatic carbocycles. The van der Waals surface area contributed by atoms with Crippen molar-refractivity contribution >= 4 is 23.4 Å². The van der Waals surface area contributed by atoms with E-state index in [1.165, 1.54) is 10.5 Å². The third-order valence-electron chi connectivity index (χ3n) is 3.21. The smallest absolute Gasteiger partial charge is 0.123 e. The molecule has 21 heavy (non-hydrogen) atoms. The Kier molecular flexibility index (Phi) is 5.94. The molecule has 0 aliphatic heterocycles. The second-order valence-electron chi connectivity index (χ2n) is 4.73. The van der Waals surface area contributed by atoms with Crippen molar-refractivity contribution in [1.82, 2.24) is 5.43 Å². The predicted molar refractivity (Wildman–Crippen MR) is 90.0 cm³/mol. The summed E-state index contributed by atoms with van der Waals surface area (Å²) in [5, 5.41) is 0.673. The Morgan fingerprint density at radius 3 is 2.57 bits per heavy atom. The zero-order chi connectivity index (χ0) is 15.2. The number of thioether (sulfide) groups is 1. The van der Waals surface area contributed by atoms with E-state index in [4.69, 9.17) is 22.2 Å². The van der Waals surface area contributed by atoms with Gasteiger partial charge < -0.3 is 4.74 Å². The van der Waals surface area contributed by atoms with Gasteiger partial charge in [-0.2, -0.15) is 0 Å². The molecule has 3 nitrogen and oxygen atoms in total. The van der Waals surface area contributed by atoms with Crippen LogP contribution in [0.2, 0.25) is 5.02 Å². The van der Waals surface area contributed by atoms with E-state index in [-0.39, 0.29) is 6.04 Å². The monoisotopic (exact) mass is 322 g/mol. The predicted octanol–water partition coefficient (Wildman–Crippen LogP) is 3.95. The number of hydrogen-bond donors (Lipinski definition) is 2. The molecule has 0 heterocycles. The molecule has 0 aliphatic rings. The molecular formula is C16H19ClN2OS. The van der Waals surface area contributed by atoms with Crippen LogP contribution in [0.15, 0.2) is 47.4 Å². The Bertz CT molecular complexity index is 589. The first kappa shape index (κ1) is 16.2. The zero-order valence-corrected chi connectivity index (χ0v) is 13.7. The highest BCUT2D eigenvalue weighted by atomic mass is 35.5. The van der Waals surface area contributed by atoms with Crippen molar-refractivity contribution in [1.29, 1.82) is 0 Å². The number of hydrazine groups is 1. The number of nitrogens with two attached hydrogens (primary N) is 1. The van der Waals surface area contributed by atoms with E-state index < -0.39 is 0 Å². The largest absolute Gasteiger partial charge is 0.496 e. The Balaban J connectivity index is 2.12. The number of rotatable bonds is 6. The zero-order valence-electron chi connectivity index (χ0n) is 12.1. The van der Waals surface area contributed by atoms with E-state index in [1.54, 1.807) is 18.9 Å². The van der Waals surface area contributed by atoms with Crippen molar-refractivity contribution in [3.63, 3.8) is 0 Å². The summed E-state index contributed by atoms with van der Waals surface area (Å²) in [6.45, 7) is 2.08. The standard InChI is InChI=1S/C16H19ClN2OS/c1-11-3-6-13(7-4-11)21-10-15(19-18)14-9-12(17)5-8-16(14)20-2/h3-9,15,19H,10,18H2,1-2H3. The fraction of sp³-hybridized carbons (Fsp3) is 0.250. The van der Waals surface area contributed by atoms with E-state index >= 15 is 0 Å². The van der Waals surface area contributed by atoms with Gasteiger partial charge in [-0.25, -0.2) is 0 Å². The quantitative estimate of drug-likeness (QED) is 0.480. The van der Waals surface area contributed by atoms with Gasteiger partial charge in [0.15, 0.2) is 0 Å². The molecule has 1 unspecified atom stereocenters. The van der Waals surface area contributed by atoms with Crippen molar-refractivity contribution in [3.8, 4) is 5.75 Å². The van der Waals surface area contributed by atoms with E-state index in [0.717, 1.165) is 17.1 Å². The van der Waals surface area contributed by atoms with Gasteiger partial charge in [0, 0.05) is 21.2 Å².